The maximum Gasteiger partial charge on any atom is 0.274 e. The van der Waals surface area contributed by atoms with E-state index in [0.717, 1.165) is 10.0 Å². The van der Waals surface area contributed by atoms with Gasteiger partial charge in [-0.25, -0.2) is 9.97 Å². The van der Waals surface area contributed by atoms with Crippen molar-refractivity contribution in [2.24, 2.45) is 0 Å². The number of aromatic nitrogens is 2. The second-order valence-corrected chi connectivity index (χ2v) is 5.03. The van der Waals surface area contributed by atoms with E-state index >= 15 is 0 Å². The van der Waals surface area contributed by atoms with Gasteiger partial charge in [0.1, 0.15) is 11.5 Å². The second kappa shape index (κ2) is 5.79. The highest BCUT2D eigenvalue weighted by molar-refractivity contribution is 9.10. The number of hydrogen-bond acceptors (Lipinski definition) is 4. The van der Waals surface area contributed by atoms with E-state index < -0.39 is 0 Å². The summed E-state index contributed by atoms with van der Waals surface area (Å²) in [5.74, 6) is 0.110. The number of benzene rings is 1. The van der Waals surface area contributed by atoms with Crippen LogP contribution >= 0.6 is 15.9 Å². The van der Waals surface area contributed by atoms with E-state index in [1.807, 2.05) is 24.3 Å². The van der Waals surface area contributed by atoms with E-state index in [1.54, 1.807) is 11.9 Å². The quantitative estimate of drug-likeness (QED) is 0.940. The lowest BCUT2D eigenvalue weighted by atomic mass is 10.2. The van der Waals surface area contributed by atoms with E-state index in [1.165, 1.54) is 12.4 Å². The molecule has 0 unspecified atom stereocenters. The monoisotopic (exact) mass is 320 g/mol. The number of nitrogens with zero attached hydrogens (tertiary/aromatic N) is 3. The summed E-state index contributed by atoms with van der Waals surface area (Å²) in [6.07, 6.45) is 2.76. The third-order valence-corrected chi connectivity index (χ3v) is 3.04. The zero-order valence-corrected chi connectivity index (χ0v) is 12.0. The van der Waals surface area contributed by atoms with Crippen molar-refractivity contribution in [3.05, 3.63) is 52.4 Å². The smallest absolute Gasteiger partial charge is 0.274 e. The number of hydrogen-bond donors (Lipinski definition) is 1. The van der Waals surface area contributed by atoms with E-state index in [-0.39, 0.29) is 11.6 Å². The lowest BCUT2D eigenvalue weighted by molar-refractivity contribution is 0.0779. The molecule has 0 aliphatic carbocycles. The number of amides is 1. The first kappa shape index (κ1) is 13.5. The molecule has 0 aliphatic heterocycles. The lowest BCUT2D eigenvalue weighted by Gasteiger charge is -2.16. The Morgan fingerprint density at radius 2 is 2.16 bits per heavy atom. The van der Waals surface area contributed by atoms with Gasteiger partial charge in [0.2, 0.25) is 0 Å². The van der Waals surface area contributed by atoms with Crippen LogP contribution in [0.25, 0.3) is 0 Å². The first-order valence-corrected chi connectivity index (χ1v) is 6.43. The van der Waals surface area contributed by atoms with Crippen LogP contribution in [-0.2, 0) is 6.54 Å². The molecule has 5 nitrogen and oxygen atoms in total. The maximum absolute atomic E-state index is 12.1. The number of rotatable bonds is 3. The molecule has 0 saturated carbocycles. The van der Waals surface area contributed by atoms with Gasteiger partial charge in [-0.05, 0) is 17.7 Å². The Kier molecular flexibility index (Phi) is 4.11. The number of nitrogen functional groups attached to an aromatic ring is 1. The van der Waals surface area contributed by atoms with E-state index in [2.05, 4.69) is 25.9 Å². The Balaban J connectivity index is 2.09. The predicted molar refractivity (Wildman–Crippen MR) is 76.4 cm³/mol. The fourth-order valence-electron chi connectivity index (χ4n) is 1.62. The van der Waals surface area contributed by atoms with Gasteiger partial charge in [-0.1, -0.05) is 28.1 Å². The van der Waals surface area contributed by atoms with Crippen LogP contribution in [0.4, 0.5) is 5.82 Å². The molecule has 0 atom stereocenters. The summed E-state index contributed by atoms with van der Waals surface area (Å²) in [4.78, 5) is 21.5. The third-order valence-electron chi connectivity index (χ3n) is 2.55. The molecule has 19 heavy (non-hydrogen) atoms. The molecular formula is C13H13BrN4O. The molecule has 0 radical (unpaired) electrons. The molecule has 98 valence electrons. The van der Waals surface area contributed by atoms with Crippen LogP contribution in [0.15, 0.2) is 41.1 Å². The number of nitrogens with two attached hydrogens (primary N) is 1. The fraction of sp³-hybridized carbons (Fsp3) is 0.154. The highest BCUT2D eigenvalue weighted by Gasteiger charge is 2.13. The molecule has 0 fully saturated rings. The van der Waals surface area contributed by atoms with Crippen LogP contribution in [0.5, 0.6) is 0 Å². The molecule has 2 rings (SSSR count). The largest absolute Gasteiger partial charge is 0.382 e. The summed E-state index contributed by atoms with van der Waals surface area (Å²) in [7, 11) is 1.72. The van der Waals surface area contributed by atoms with E-state index in [9.17, 15) is 4.79 Å². The topological polar surface area (TPSA) is 72.1 Å². The average molecular weight is 321 g/mol. The fourth-order valence-corrected chi connectivity index (χ4v) is 2.07. The number of carbonyl (C=O) groups is 1. The summed E-state index contributed by atoms with van der Waals surface area (Å²) in [6, 6.07) is 7.80. The minimum Gasteiger partial charge on any atom is -0.382 e. The molecule has 2 N–H and O–H groups in total. The molecular weight excluding hydrogens is 308 g/mol. The number of anilines is 1. The minimum absolute atomic E-state index is 0.188. The van der Waals surface area contributed by atoms with Crippen molar-refractivity contribution in [1.82, 2.24) is 14.9 Å². The van der Waals surface area contributed by atoms with Crippen LogP contribution in [-0.4, -0.2) is 27.8 Å². The van der Waals surface area contributed by atoms with Crippen LogP contribution in [0.1, 0.15) is 16.1 Å². The van der Waals surface area contributed by atoms with E-state index in [0.29, 0.717) is 12.4 Å². The van der Waals surface area contributed by atoms with Gasteiger partial charge < -0.3 is 10.6 Å². The molecule has 0 bridgehead atoms. The molecule has 1 amide bonds. The standard InChI is InChI=1S/C13H13BrN4O/c1-18(8-9-3-2-4-10(14)5-9)13(19)11-6-17-12(15)7-16-11/h2-7H,8H2,1H3,(H2,15,17). The van der Waals surface area contributed by atoms with Crippen LogP contribution in [0.2, 0.25) is 0 Å². The second-order valence-electron chi connectivity index (χ2n) is 4.12. The summed E-state index contributed by atoms with van der Waals surface area (Å²) < 4.78 is 0.984. The molecule has 2 aromatic rings. The highest BCUT2D eigenvalue weighted by atomic mass is 79.9. The Morgan fingerprint density at radius 1 is 1.37 bits per heavy atom. The van der Waals surface area contributed by atoms with Gasteiger partial charge in [0, 0.05) is 18.1 Å². The Labute approximate surface area is 119 Å². The zero-order chi connectivity index (χ0) is 13.8. The molecule has 1 aromatic carbocycles. The Morgan fingerprint density at radius 3 is 2.79 bits per heavy atom. The van der Waals surface area contributed by atoms with Gasteiger partial charge >= 0.3 is 0 Å². The summed E-state index contributed by atoms with van der Waals surface area (Å²) in [5, 5.41) is 0. The van der Waals surface area contributed by atoms with Crippen molar-refractivity contribution < 1.29 is 4.79 Å². The van der Waals surface area contributed by atoms with Gasteiger partial charge in [0.05, 0.1) is 12.4 Å². The summed E-state index contributed by atoms with van der Waals surface area (Å²) >= 11 is 3.40. The van der Waals surface area contributed by atoms with Crippen molar-refractivity contribution in [2.75, 3.05) is 12.8 Å². The van der Waals surface area contributed by atoms with Crippen molar-refractivity contribution in [1.29, 1.82) is 0 Å². The van der Waals surface area contributed by atoms with Gasteiger partial charge in [-0.2, -0.15) is 0 Å². The van der Waals surface area contributed by atoms with E-state index in [4.69, 9.17) is 5.73 Å². The zero-order valence-electron chi connectivity index (χ0n) is 10.4. The van der Waals surface area contributed by atoms with Crippen molar-refractivity contribution in [3.63, 3.8) is 0 Å². The maximum atomic E-state index is 12.1. The first-order valence-electron chi connectivity index (χ1n) is 5.63. The van der Waals surface area contributed by atoms with Crippen molar-refractivity contribution in [3.8, 4) is 0 Å². The molecule has 6 heteroatoms. The first-order chi connectivity index (χ1) is 9.06. The lowest BCUT2D eigenvalue weighted by Crippen LogP contribution is -2.27. The van der Waals surface area contributed by atoms with Crippen LogP contribution in [0, 0.1) is 0 Å². The van der Waals surface area contributed by atoms with Gasteiger partial charge in [0.25, 0.3) is 5.91 Å². The molecule has 1 aromatic heterocycles. The molecule has 0 saturated heterocycles. The number of halogens is 1. The molecule has 1 heterocycles. The predicted octanol–water partition coefficient (Wildman–Crippen LogP) is 2.09. The molecule has 0 spiro atoms. The van der Waals surface area contributed by atoms with Gasteiger partial charge in [0.15, 0.2) is 0 Å². The van der Waals surface area contributed by atoms with Crippen molar-refractivity contribution in [2.45, 2.75) is 6.54 Å². The average Bonchev–Trinajstić information content (AvgIpc) is 2.39. The summed E-state index contributed by atoms with van der Waals surface area (Å²) in [6.45, 7) is 0.504. The molecule has 0 aliphatic rings. The van der Waals surface area contributed by atoms with Crippen LogP contribution in [0.3, 0.4) is 0 Å². The Bertz CT molecular complexity index is 585. The minimum atomic E-state index is -0.188. The summed E-state index contributed by atoms with van der Waals surface area (Å²) in [5.41, 5.74) is 6.76. The number of carbonyl (C=O) groups excluding carboxylic acids is 1. The third kappa shape index (κ3) is 3.51. The van der Waals surface area contributed by atoms with Crippen molar-refractivity contribution >= 4 is 27.7 Å². The Hall–Kier alpha value is -1.95. The van der Waals surface area contributed by atoms with Crippen LogP contribution < -0.4 is 5.73 Å². The normalized spacial score (nSPS) is 10.2. The van der Waals surface area contributed by atoms with Gasteiger partial charge in [-0.15, -0.1) is 0 Å². The highest BCUT2D eigenvalue weighted by Crippen LogP contribution is 2.13. The SMILES string of the molecule is CN(Cc1cccc(Br)c1)C(=O)c1cnc(N)cn1. The van der Waals surface area contributed by atoms with Gasteiger partial charge in [-0.3, -0.25) is 4.79 Å².